The topological polar surface area (TPSA) is 34.0 Å². The number of thiophene rings is 1. The summed E-state index contributed by atoms with van der Waals surface area (Å²) in [7, 11) is 0. The minimum absolute atomic E-state index is 0.0120. The van der Waals surface area contributed by atoms with Crippen LogP contribution in [0.25, 0.3) is 10.2 Å². The van der Waals surface area contributed by atoms with E-state index in [1.54, 1.807) is 11.3 Å². The summed E-state index contributed by atoms with van der Waals surface area (Å²) >= 11 is 7.94. The van der Waals surface area contributed by atoms with E-state index in [2.05, 4.69) is 21.3 Å². The van der Waals surface area contributed by atoms with Crippen molar-refractivity contribution >= 4 is 39.1 Å². The summed E-state index contributed by atoms with van der Waals surface area (Å²) < 4.78 is 3.19. The van der Waals surface area contributed by atoms with E-state index in [1.165, 1.54) is 0 Å². The SMILES string of the molecule is O=C(NC1CC1)c1cc2sccc2n1Cc1ccccc1Cl. The predicted molar refractivity (Wildman–Crippen MR) is 90.9 cm³/mol. The molecule has 1 saturated carbocycles. The summed E-state index contributed by atoms with van der Waals surface area (Å²) in [6.07, 6.45) is 2.18. The van der Waals surface area contributed by atoms with E-state index in [9.17, 15) is 4.79 Å². The first-order valence-electron chi connectivity index (χ1n) is 7.33. The number of hydrogen-bond acceptors (Lipinski definition) is 2. The molecule has 0 spiro atoms. The molecule has 0 saturated heterocycles. The minimum Gasteiger partial charge on any atom is -0.348 e. The summed E-state index contributed by atoms with van der Waals surface area (Å²) in [6, 6.07) is 12.2. The van der Waals surface area contributed by atoms with E-state index in [1.807, 2.05) is 30.3 Å². The van der Waals surface area contributed by atoms with Crippen molar-refractivity contribution in [3.8, 4) is 0 Å². The van der Waals surface area contributed by atoms with Gasteiger partial charge in [-0.2, -0.15) is 0 Å². The molecule has 2 heterocycles. The third-order valence-electron chi connectivity index (χ3n) is 3.95. The fraction of sp³-hybridized carbons (Fsp3) is 0.235. The van der Waals surface area contributed by atoms with Gasteiger partial charge in [0.2, 0.25) is 0 Å². The van der Waals surface area contributed by atoms with Crippen molar-refractivity contribution in [2.75, 3.05) is 0 Å². The van der Waals surface area contributed by atoms with Crippen molar-refractivity contribution in [2.45, 2.75) is 25.4 Å². The van der Waals surface area contributed by atoms with Crippen LogP contribution in [0.2, 0.25) is 5.02 Å². The van der Waals surface area contributed by atoms with E-state index < -0.39 is 0 Å². The molecule has 2 aromatic heterocycles. The molecule has 5 heteroatoms. The first-order chi connectivity index (χ1) is 10.7. The van der Waals surface area contributed by atoms with Gasteiger partial charge in [0.1, 0.15) is 5.69 Å². The van der Waals surface area contributed by atoms with Crippen LogP contribution >= 0.6 is 22.9 Å². The zero-order chi connectivity index (χ0) is 15.1. The van der Waals surface area contributed by atoms with E-state index >= 15 is 0 Å². The zero-order valence-corrected chi connectivity index (χ0v) is 13.5. The lowest BCUT2D eigenvalue weighted by molar-refractivity contribution is 0.0942. The third-order valence-corrected chi connectivity index (χ3v) is 5.18. The monoisotopic (exact) mass is 330 g/mol. The van der Waals surface area contributed by atoms with Crippen molar-refractivity contribution in [1.82, 2.24) is 9.88 Å². The van der Waals surface area contributed by atoms with Gasteiger partial charge in [-0.3, -0.25) is 4.79 Å². The van der Waals surface area contributed by atoms with Crippen LogP contribution in [0.1, 0.15) is 28.9 Å². The van der Waals surface area contributed by atoms with Gasteiger partial charge in [0.25, 0.3) is 5.91 Å². The van der Waals surface area contributed by atoms with Gasteiger partial charge in [0.05, 0.1) is 10.2 Å². The molecule has 1 fully saturated rings. The summed E-state index contributed by atoms with van der Waals surface area (Å²) in [5.74, 6) is 0.0120. The van der Waals surface area contributed by atoms with Gasteiger partial charge in [-0.25, -0.2) is 0 Å². The second-order valence-electron chi connectivity index (χ2n) is 5.62. The number of carbonyl (C=O) groups excluding carboxylic acids is 1. The molecule has 3 nitrogen and oxygen atoms in total. The first kappa shape index (κ1) is 13.9. The van der Waals surface area contributed by atoms with Crippen LogP contribution in [0.4, 0.5) is 0 Å². The Kier molecular flexibility index (Phi) is 3.43. The fourth-order valence-corrected chi connectivity index (χ4v) is 3.64. The number of hydrogen-bond donors (Lipinski definition) is 1. The van der Waals surface area contributed by atoms with Crippen molar-refractivity contribution in [3.05, 3.63) is 58.1 Å². The Bertz CT molecular complexity index is 847. The average Bonchev–Trinajstić information content (AvgIpc) is 3.08. The third kappa shape index (κ3) is 2.53. The Morgan fingerprint density at radius 3 is 2.91 bits per heavy atom. The molecular formula is C17H15ClN2OS. The Morgan fingerprint density at radius 2 is 2.14 bits per heavy atom. The lowest BCUT2D eigenvalue weighted by Gasteiger charge is -2.11. The van der Waals surface area contributed by atoms with Crippen molar-refractivity contribution in [3.63, 3.8) is 0 Å². The highest BCUT2D eigenvalue weighted by Gasteiger charge is 2.26. The second kappa shape index (κ2) is 5.45. The van der Waals surface area contributed by atoms with Gasteiger partial charge in [-0.1, -0.05) is 29.8 Å². The molecule has 1 N–H and O–H groups in total. The minimum atomic E-state index is 0.0120. The molecule has 1 amide bonds. The smallest absolute Gasteiger partial charge is 0.268 e. The molecule has 4 rings (SSSR count). The normalized spacial score (nSPS) is 14.4. The van der Waals surface area contributed by atoms with Gasteiger partial charge < -0.3 is 9.88 Å². The Labute approximate surface area is 137 Å². The van der Waals surface area contributed by atoms with E-state index in [0.29, 0.717) is 18.3 Å². The zero-order valence-electron chi connectivity index (χ0n) is 11.9. The Hall–Kier alpha value is -1.78. The van der Waals surface area contributed by atoms with E-state index in [-0.39, 0.29) is 5.91 Å². The Morgan fingerprint density at radius 1 is 1.32 bits per heavy atom. The van der Waals surface area contributed by atoms with Crippen LogP contribution in [0.5, 0.6) is 0 Å². The molecule has 3 aromatic rings. The number of rotatable bonds is 4. The number of benzene rings is 1. The van der Waals surface area contributed by atoms with E-state index in [0.717, 1.165) is 33.6 Å². The van der Waals surface area contributed by atoms with Crippen LogP contribution in [0.3, 0.4) is 0 Å². The summed E-state index contributed by atoms with van der Waals surface area (Å²) in [5.41, 5.74) is 2.83. The highest BCUT2D eigenvalue weighted by atomic mass is 35.5. The molecule has 0 atom stereocenters. The van der Waals surface area contributed by atoms with Gasteiger partial charge in [-0.15, -0.1) is 11.3 Å². The number of aromatic nitrogens is 1. The van der Waals surface area contributed by atoms with Crippen molar-refractivity contribution in [2.24, 2.45) is 0 Å². The molecule has 0 radical (unpaired) electrons. The number of carbonyl (C=O) groups is 1. The lowest BCUT2D eigenvalue weighted by atomic mass is 10.2. The van der Waals surface area contributed by atoms with E-state index in [4.69, 9.17) is 11.6 Å². The largest absolute Gasteiger partial charge is 0.348 e. The molecule has 0 aliphatic heterocycles. The molecule has 1 aliphatic rings. The lowest BCUT2D eigenvalue weighted by Crippen LogP contribution is -2.27. The molecule has 1 aliphatic carbocycles. The summed E-state index contributed by atoms with van der Waals surface area (Å²) in [4.78, 5) is 12.5. The van der Waals surface area contributed by atoms with Crippen LogP contribution in [-0.4, -0.2) is 16.5 Å². The maximum atomic E-state index is 12.5. The Balaban J connectivity index is 1.75. The van der Waals surface area contributed by atoms with Crippen LogP contribution in [0.15, 0.2) is 41.8 Å². The number of nitrogens with zero attached hydrogens (tertiary/aromatic N) is 1. The second-order valence-corrected chi connectivity index (χ2v) is 6.98. The average molecular weight is 331 g/mol. The molecule has 22 heavy (non-hydrogen) atoms. The van der Waals surface area contributed by atoms with Gasteiger partial charge >= 0.3 is 0 Å². The highest BCUT2D eigenvalue weighted by Crippen LogP contribution is 2.28. The molecule has 112 valence electrons. The van der Waals surface area contributed by atoms with Crippen LogP contribution in [0, 0.1) is 0 Å². The van der Waals surface area contributed by atoms with Crippen LogP contribution in [-0.2, 0) is 6.54 Å². The number of nitrogens with one attached hydrogen (secondary N) is 1. The van der Waals surface area contributed by atoms with Gasteiger partial charge in [0.15, 0.2) is 0 Å². The fourth-order valence-electron chi connectivity index (χ4n) is 2.62. The standard InChI is InChI=1S/C17H15ClN2OS/c18-13-4-2-1-3-11(13)10-20-14-7-8-22-16(14)9-15(20)17(21)19-12-5-6-12/h1-4,7-9,12H,5-6,10H2,(H,19,21). The van der Waals surface area contributed by atoms with Crippen molar-refractivity contribution in [1.29, 1.82) is 0 Å². The summed E-state index contributed by atoms with van der Waals surface area (Å²) in [6.45, 7) is 0.604. The molecule has 1 aromatic carbocycles. The molecular weight excluding hydrogens is 316 g/mol. The maximum absolute atomic E-state index is 12.5. The number of fused-ring (bicyclic) bond motifs is 1. The predicted octanol–water partition coefficient (Wildman–Crippen LogP) is 4.30. The molecule has 0 unspecified atom stereocenters. The number of halogens is 1. The van der Waals surface area contributed by atoms with Gasteiger partial charge in [0, 0.05) is 17.6 Å². The quantitative estimate of drug-likeness (QED) is 0.760. The molecule has 0 bridgehead atoms. The highest BCUT2D eigenvalue weighted by molar-refractivity contribution is 7.17. The number of amides is 1. The first-order valence-corrected chi connectivity index (χ1v) is 8.59. The van der Waals surface area contributed by atoms with Crippen molar-refractivity contribution < 1.29 is 4.79 Å². The van der Waals surface area contributed by atoms with Gasteiger partial charge in [-0.05, 0) is 42.0 Å². The van der Waals surface area contributed by atoms with Crippen LogP contribution < -0.4 is 5.32 Å². The summed E-state index contributed by atoms with van der Waals surface area (Å²) in [5, 5.41) is 5.86. The maximum Gasteiger partial charge on any atom is 0.268 e.